The summed E-state index contributed by atoms with van der Waals surface area (Å²) in [5.74, 6) is 0.461. The number of carbonyl (C=O) groups excluding carboxylic acids is 1. The van der Waals surface area contributed by atoms with Crippen molar-refractivity contribution in [1.82, 2.24) is 5.32 Å². The maximum atomic E-state index is 12.3. The Bertz CT molecular complexity index is 454. The van der Waals surface area contributed by atoms with Crippen LogP contribution in [0.5, 0.6) is 0 Å². The van der Waals surface area contributed by atoms with Crippen LogP contribution in [0.25, 0.3) is 0 Å². The first-order valence-electron chi connectivity index (χ1n) is 7.68. The van der Waals surface area contributed by atoms with Gasteiger partial charge in [0.25, 0.3) is 0 Å². The number of rotatable bonds is 7. The Morgan fingerprint density at radius 2 is 2.05 bits per heavy atom. The van der Waals surface area contributed by atoms with Crippen LogP contribution in [0.1, 0.15) is 63.1 Å². The second kappa shape index (κ2) is 6.89. The summed E-state index contributed by atoms with van der Waals surface area (Å²) in [6.45, 7) is 6.49. The smallest absolute Gasteiger partial charge is 0.327 e. The molecule has 0 amide bonds. The number of benzene rings is 1. The van der Waals surface area contributed by atoms with Gasteiger partial charge in [0.1, 0.15) is 6.04 Å². The molecule has 2 atom stereocenters. The van der Waals surface area contributed by atoms with Gasteiger partial charge in [0, 0.05) is 6.04 Å². The second-order valence-corrected chi connectivity index (χ2v) is 5.56. The molecule has 0 radical (unpaired) electrons. The van der Waals surface area contributed by atoms with Gasteiger partial charge in [-0.2, -0.15) is 0 Å². The summed E-state index contributed by atoms with van der Waals surface area (Å²) in [5.41, 5.74) is 2.40. The summed E-state index contributed by atoms with van der Waals surface area (Å²) in [4.78, 5) is 12.3. The Balaban J connectivity index is 2.27. The topological polar surface area (TPSA) is 38.3 Å². The highest BCUT2D eigenvalue weighted by molar-refractivity contribution is 5.78. The van der Waals surface area contributed by atoms with E-state index in [2.05, 4.69) is 37.4 Å². The minimum atomic E-state index is -0.346. The van der Waals surface area contributed by atoms with Gasteiger partial charge in [-0.1, -0.05) is 31.2 Å². The van der Waals surface area contributed by atoms with Crippen LogP contribution in [-0.4, -0.2) is 18.6 Å². The summed E-state index contributed by atoms with van der Waals surface area (Å²) in [6.07, 6.45) is 3.45. The van der Waals surface area contributed by atoms with Gasteiger partial charge >= 0.3 is 5.97 Å². The van der Waals surface area contributed by atoms with Gasteiger partial charge in [0.2, 0.25) is 0 Å². The SMILES string of the molecule is CCOC(=O)C(NC(C)CC)c1ccccc1C1CC1. The lowest BCUT2D eigenvalue weighted by atomic mass is 9.96. The fourth-order valence-electron chi connectivity index (χ4n) is 2.45. The van der Waals surface area contributed by atoms with Crippen molar-refractivity contribution in [3.63, 3.8) is 0 Å². The van der Waals surface area contributed by atoms with Crippen molar-refractivity contribution in [2.24, 2.45) is 0 Å². The molecule has 1 saturated carbocycles. The van der Waals surface area contributed by atoms with Gasteiger partial charge in [0.05, 0.1) is 6.61 Å². The monoisotopic (exact) mass is 275 g/mol. The number of hydrogen-bond acceptors (Lipinski definition) is 3. The van der Waals surface area contributed by atoms with Crippen LogP contribution in [0.2, 0.25) is 0 Å². The average Bonchev–Trinajstić information content (AvgIpc) is 3.29. The molecule has 0 aromatic heterocycles. The second-order valence-electron chi connectivity index (χ2n) is 5.56. The normalized spacial score (nSPS) is 17.6. The third-order valence-electron chi connectivity index (χ3n) is 3.91. The summed E-state index contributed by atoms with van der Waals surface area (Å²) in [5, 5.41) is 3.42. The Morgan fingerprint density at radius 1 is 1.35 bits per heavy atom. The standard InChI is InChI=1S/C17H25NO2/c1-4-12(3)18-16(17(19)20-5-2)15-9-7-6-8-14(15)13-10-11-13/h6-9,12-13,16,18H,4-5,10-11H2,1-3H3. The first kappa shape index (κ1) is 15.0. The van der Waals surface area contributed by atoms with Crippen LogP contribution in [0.4, 0.5) is 0 Å². The van der Waals surface area contributed by atoms with Crippen molar-refractivity contribution in [3.05, 3.63) is 35.4 Å². The molecule has 1 aromatic carbocycles. The lowest BCUT2D eigenvalue weighted by molar-refractivity contribution is -0.146. The van der Waals surface area contributed by atoms with E-state index in [-0.39, 0.29) is 18.1 Å². The third-order valence-corrected chi connectivity index (χ3v) is 3.91. The van der Waals surface area contributed by atoms with Crippen molar-refractivity contribution < 1.29 is 9.53 Å². The number of carbonyl (C=O) groups is 1. The minimum Gasteiger partial charge on any atom is -0.465 e. The van der Waals surface area contributed by atoms with E-state index in [9.17, 15) is 4.79 Å². The third kappa shape index (κ3) is 3.60. The van der Waals surface area contributed by atoms with Crippen molar-refractivity contribution in [2.75, 3.05) is 6.61 Å². The Labute approximate surface area is 121 Å². The molecular weight excluding hydrogens is 250 g/mol. The van der Waals surface area contributed by atoms with Crippen LogP contribution >= 0.6 is 0 Å². The number of ether oxygens (including phenoxy) is 1. The molecule has 1 aliphatic rings. The Kier molecular flexibility index (Phi) is 5.18. The van der Waals surface area contributed by atoms with Crippen LogP contribution in [0.15, 0.2) is 24.3 Å². The van der Waals surface area contributed by atoms with Crippen LogP contribution in [0.3, 0.4) is 0 Å². The number of hydrogen-bond donors (Lipinski definition) is 1. The molecule has 2 rings (SSSR count). The van der Waals surface area contributed by atoms with Crippen LogP contribution in [-0.2, 0) is 9.53 Å². The molecule has 3 heteroatoms. The molecule has 0 bridgehead atoms. The maximum Gasteiger partial charge on any atom is 0.327 e. The maximum absolute atomic E-state index is 12.3. The molecule has 20 heavy (non-hydrogen) atoms. The molecular formula is C17H25NO2. The summed E-state index contributed by atoms with van der Waals surface area (Å²) < 4.78 is 5.26. The predicted molar refractivity (Wildman–Crippen MR) is 80.7 cm³/mol. The molecule has 1 N–H and O–H groups in total. The van der Waals surface area contributed by atoms with Crippen molar-refractivity contribution >= 4 is 5.97 Å². The highest BCUT2D eigenvalue weighted by Crippen LogP contribution is 2.43. The predicted octanol–water partition coefficient (Wildman–Crippen LogP) is 3.56. The van der Waals surface area contributed by atoms with E-state index in [0.29, 0.717) is 12.5 Å². The summed E-state index contributed by atoms with van der Waals surface area (Å²) in [7, 11) is 0. The highest BCUT2D eigenvalue weighted by atomic mass is 16.5. The van der Waals surface area contributed by atoms with Crippen LogP contribution < -0.4 is 5.32 Å². The number of esters is 1. The lowest BCUT2D eigenvalue weighted by Gasteiger charge is -2.23. The molecule has 0 spiro atoms. The van der Waals surface area contributed by atoms with E-state index < -0.39 is 0 Å². The molecule has 0 saturated heterocycles. The first-order chi connectivity index (χ1) is 9.67. The summed E-state index contributed by atoms with van der Waals surface area (Å²) >= 11 is 0. The quantitative estimate of drug-likeness (QED) is 0.773. The molecule has 0 heterocycles. The molecule has 1 aliphatic carbocycles. The van der Waals surface area contributed by atoms with E-state index in [1.807, 2.05) is 13.0 Å². The zero-order chi connectivity index (χ0) is 14.5. The Morgan fingerprint density at radius 3 is 2.65 bits per heavy atom. The minimum absolute atomic E-state index is 0.166. The fraction of sp³-hybridized carbons (Fsp3) is 0.588. The molecule has 1 aromatic rings. The highest BCUT2D eigenvalue weighted by Gasteiger charge is 2.31. The first-order valence-corrected chi connectivity index (χ1v) is 7.68. The largest absolute Gasteiger partial charge is 0.465 e. The van der Waals surface area contributed by atoms with E-state index in [0.717, 1.165) is 12.0 Å². The molecule has 0 aliphatic heterocycles. The lowest BCUT2D eigenvalue weighted by Crippen LogP contribution is -2.36. The van der Waals surface area contributed by atoms with E-state index >= 15 is 0 Å². The molecule has 2 unspecified atom stereocenters. The number of nitrogens with one attached hydrogen (secondary N) is 1. The molecule has 1 fully saturated rings. The van der Waals surface area contributed by atoms with E-state index in [1.54, 1.807) is 0 Å². The van der Waals surface area contributed by atoms with Gasteiger partial charge in [-0.05, 0) is 50.2 Å². The summed E-state index contributed by atoms with van der Waals surface area (Å²) in [6, 6.07) is 8.22. The zero-order valence-electron chi connectivity index (χ0n) is 12.7. The van der Waals surface area contributed by atoms with Gasteiger partial charge in [-0.15, -0.1) is 0 Å². The van der Waals surface area contributed by atoms with E-state index in [4.69, 9.17) is 4.74 Å². The van der Waals surface area contributed by atoms with Gasteiger partial charge in [-0.25, -0.2) is 4.79 Å². The zero-order valence-corrected chi connectivity index (χ0v) is 12.7. The van der Waals surface area contributed by atoms with Crippen molar-refractivity contribution in [3.8, 4) is 0 Å². The molecule has 110 valence electrons. The van der Waals surface area contributed by atoms with Gasteiger partial charge in [-0.3, -0.25) is 5.32 Å². The van der Waals surface area contributed by atoms with Crippen molar-refractivity contribution in [2.45, 2.75) is 58.0 Å². The van der Waals surface area contributed by atoms with Gasteiger partial charge < -0.3 is 4.74 Å². The van der Waals surface area contributed by atoms with Gasteiger partial charge in [0.15, 0.2) is 0 Å². The average molecular weight is 275 g/mol. The Hall–Kier alpha value is -1.35. The fourth-order valence-corrected chi connectivity index (χ4v) is 2.45. The molecule has 3 nitrogen and oxygen atoms in total. The van der Waals surface area contributed by atoms with E-state index in [1.165, 1.54) is 18.4 Å². The van der Waals surface area contributed by atoms with Crippen molar-refractivity contribution in [1.29, 1.82) is 0 Å². The van der Waals surface area contributed by atoms with Crippen LogP contribution in [0, 0.1) is 0 Å².